The fourth-order valence-corrected chi connectivity index (χ4v) is 2.73. The Morgan fingerprint density at radius 3 is 2.36 bits per heavy atom. The van der Waals surface area contributed by atoms with Gasteiger partial charge in [0.05, 0.1) is 17.0 Å². The molecule has 1 atom stereocenters. The molecule has 22 heavy (non-hydrogen) atoms. The maximum atomic E-state index is 12.1. The Balaban J connectivity index is 2.88. The van der Waals surface area contributed by atoms with Gasteiger partial charge in [-0.25, -0.2) is 8.42 Å². The van der Waals surface area contributed by atoms with Crippen LogP contribution in [0.5, 0.6) is 0 Å². The third kappa shape index (κ3) is 5.10. The summed E-state index contributed by atoms with van der Waals surface area (Å²) in [5.41, 5.74) is 6.77. The lowest BCUT2D eigenvalue weighted by Crippen LogP contribution is -2.45. The molecule has 0 aromatic heterocycles. The smallest absolute Gasteiger partial charge is 0.241 e. The van der Waals surface area contributed by atoms with Crippen LogP contribution in [0.1, 0.15) is 40.2 Å². The average molecular weight is 326 g/mol. The number of nitrogens with one attached hydrogen (secondary N) is 1. The highest BCUT2D eigenvalue weighted by atomic mass is 32.2. The van der Waals surface area contributed by atoms with Gasteiger partial charge in [0, 0.05) is 5.69 Å². The van der Waals surface area contributed by atoms with E-state index in [0.717, 1.165) is 0 Å². The largest absolute Gasteiger partial charge is 0.325 e. The van der Waals surface area contributed by atoms with E-state index in [9.17, 15) is 13.2 Å². The second-order valence-corrected chi connectivity index (χ2v) is 9.45. The van der Waals surface area contributed by atoms with Gasteiger partial charge in [0.1, 0.15) is 0 Å². The molecule has 1 aromatic carbocycles. The van der Waals surface area contributed by atoms with E-state index in [0.29, 0.717) is 11.3 Å². The number of sulfone groups is 1. The van der Waals surface area contributed by atoms with Gasteiger partial charge < -0.3 is 11.1 Å². The number of hydrogen-bond donors (Lipinski definition) is 2. The number of hydrogen-bond acceptors (Lipinski definition) is 4. The predicted molar refractivity (Wildman–Crippen MR) is 90.3 cm³/mol. The molecule has 6 heteroatoms. The van der Waals surface area contributed by atoms with Crippen molar-refractivity contribution in [1.82, 2.24) is 0 Å². The topological polar surface area (TPSA) is 89.3 Å². The van der Waals surface area contributed by atoms with E-state index >= 15 is 0 Å². The van der Waals surface area contributed by atoms with E-state index < -0.39 is 21.1 Å². The molecule has 0 fully saturated rings. The van der Waals surface area contributed by atoms with Crippen molar-refractivity contribution in [1.29, 1.82) is 0 Å². The van der Waals surface area contributed by atoms with Gasteiger partial charge in [-0.3, -0.25) is 4.79 Å². The molecule has 1 rings (SSSR count). The number of amides is 1. The van der Waals surface area contributed by atoms with Crippen molar-refractivity contribution in [3.63, 3.8) is 0 Å². The van der Waals surface area contributed by atoms with Crippen molar-refractivity contribution in [3.8, 4) is 0 Å². The molecule has 1 amide bonds. The van der Waals surface area contributed by atoms with Crippen LogP contribution in [-0.2, 0) is 20.4 Å². The number of benzene rings is 1. The highest BCUT2D eigenvalue weighted by molar-refractivity contribution is 7.91. The zero-order valence-electron chi connectivity index (χ0n) is 13.9. The van der Waals surface area contributed by atoms with Crippen LogP contribution in [0.3, 0.4) is 0 Å². The van der Waals surface area contributed by atoms with Crippen molar-refractivity contribution in [2.45, 2.75) is 51.7 Å². The summed E-state index contributed by atoms with van der Waals surface area (Å²) in [6.07, 6.45) is 0. The van der Waals surface area contributed by atoms with E-state index in [2.05, 4.69) is 5.32 Å². The van der Waals surface area contributed by atoms with Crippen molar-refractivity contribution in [2.75, 3.05) is 5.32 Å². The van der Waals surface area contributed by atoms with E-state index in [4.69, 9.17) is 5.73 Å². The van der Waals surface area contributed by atoms with E-state index in [1.807, 2.05) is 20.8 Å². The molecule has 0 unspecified atom stereocenters. The minimum atomic E-state index is -3.17. The molecule has 0 bridgehead atoms. The Bertz CT molecular complexity index is 631. The van der Waals surface area contributed by atoms with E-state index in [-0.39, 0.29) is 17.1 Å². The van der Waals surface area contributed by atoms with E-state index in [1.165, 1.54) is 0 Å². The normalized spacial score (nSPS) is 14.0. The first-order valence-corrected chi connectivity index (χ1v) is 9.02. The Hall–Kier alpha value is -1.40. The fraction of sp³-hybridized carbons (Fsp3) is 0.562. The van der Waals surface area contributed by atoms with Crippen molar-refractivity contribution in [2.24, 2.45) is 11.1 Å². The minimum Gasteiger partial charge on any atom is -0.325 e. The van der Waals surface area contributed by atoms with Crippen LogP contribution in [-0.4, -0.2) is 25.6 Å². The standard InChI is InChI=1S/C16H26N2O3S/c1-11(2)22(20,21)10-12-7-6-8-13(9-12)18-15(19)14(17)16(3,4)5/h6-9,11,14H,10,17H2,1-5H3,(H,18,19)/t14-/m1/s1. The van der Waals surface area contributed by atoms with Crippen molar-refractivity contribution in [3.05, 3.63) is 29.8 Å². The molecular weight excluding hydrogens is 300 g/mol. The van der Waals surface area contributed by atoms with E-state index in [1.54, 1.807) is 38.1 Å². The molecule has 0 aliphatic heterocycles. The quantitative estimate of drug-likeness (QED) is 0.869. The van der Waals surface area contributed by atoms with Crippen molar-refractivity contribution < 1.29 is 13.2 Å². The number of carbonyl (C=O) groups is 1. The highest BCUT2D eigenvalue weighted by Crippen LogP contribution is 2.20. The number of anilines is 1. The number of rotatable bonds is 5. The van der Waals surface area contributed by atoms with Gasteiger partial charge in [-0.2, -0.15) is 0 Å². The van der Waals surface area contributed by atoms with Crippen molar-refractivity contribution >= 4 is 21.4 Å². The minimum absolute atomic E-state index is 0.0420. The summed E-state index contributed by atoms with van der Waals surface area (Å²) < 4.78 is 23.9. The SMILES string of the molecule is CC(C)S(=O)(=O)Cc1cccc(NC(=O)[C@@H](N)C(C)(C)C)c1. The summed E-state index contributed by atoms with van der Waals surface area (Å²) in [6.45, 7) is 8.99. The molecule has 0 aliphatic carbocycles. The maximum absolute atomic E-state index is 12.1. The molecule has 5 nitrogen and oxygen atoms in total. The monoisotopic (exact) mass is 326 g/mol. The summed E-state index contributed by atoms with van der Waals surface area (Å²) >= 11 is 0. The van der Waals surface area contributed by atoms with Crippen LogP contribution in [0.4, 0.5) is 5.69 Å². The van der Waals surface area contributed by atoms with Gasteiger partial charge in [-0.1, -0.05) is 32.9 Å². The zero-order chi connectivity index (χ0) is 17.1. The van der Waals surface area contributed by atoms with Gasteiger partial charge in [-0.05, 0) is 37.0 Å². The summed E-state index contributed by atoms with van der Waals surface area (Å²) in [7, 11) is -3.17. The zero-order valence-corrected chi connectivity index (χ0v) is 14.7. The summed E-state index contributed by atoms with van der Waals surface area (Å²) in [4.78, 5) is 12.1. The van der Waals surface area contributed by atoms with Gasteiger partial charge in [0.2, 0.25) is 5.91 Å². The first kappa shape index (κ1) is 18.6. The van der Waals surface area contributed by atoms with Crippen LogP contribution < -0.4 is 11.1 Å². The van der Waals surface area contributed by atoms with Gasteiger partial charge in [0.15, 0.2) is 9.84 Å². The summed E-state index contributed by atoms with van der Waals surface area (Å²) in [5.74, 6) is -0.323. The maximum Gasteiger partial charge on any atom is 0.241 e. The van der Waals surface area contributed by atoms with Gasteiger partial charge in [0.25, 0.3) is 0 Å². The summed E-state index contributed by atoms with van der Waals surface area (Å²) in [6, 6.07) is 6.21. The average Bonchev–Trinajstić information content (AvgIpc) is 2.36. The first-order valence-electron chi connectivity index (χ1n) is 7.30. The fourth-order valence-electron chi connectivity index (χ4n) is 1.75. The van der Waals surface area contributed by atoms with Crippen LogP contribution in [0.25, 0.3) is 0 Å². The summed E-state index contributed by atoms with van der Waals surface area (Å²) in [5, 5.41) is 2.31. The Kier molecular flexibility index (Phi) is 5.76. The van der Waals surface area contributed by atoms with Crippen LogP contribution in [0.15, 0.2) is 24.3 Å². The molecule has 0 radical (unpaired) electrons. The lowest BCUT2D eigenvalue weighted by molar-refractivity contribution is -0.119. The Labute approximate surface area is 133 Å². The molecule has 0 aliphatic rings. The van der Waals surface area contributed by atoms with Crippen LogP contribution in [0, 0.1) is 5.41 Å². The lowest BCUT2D eigenvalue weighted by atomic mass is 9.87. The molecule has 0 spiro atoms. The molecule has 3 N–H and O–H groups in total. The van der Waals surface area contributed by atoms with Gasteiger partial charge >= 0.3 is 0 Å². The molecule has 1 aromatic rings. The molecular formula is C16H26N2O3S. The predicted octanol–water partition coefficient (Wildman–Crippen LogP) is 2.32. The third-order valence-electron chi connectivity index (χ3n) is 3.50. The first-order chi connectivity index (χ1) is 9.93. The highest BCUT2D eigenvalue weighted by Gasteiger charge is 2.27. The Morgan fingerprint density at radius 2 is 1.86 bits per heavy atom. The lowest BCUT2D eigenvalue weighted by Gasteiger charge is -2.25. The molecule has 124 valence electrons. The number of nitrogens with two attached hydrogens (primary N) is 1. The second-order valence-electron chi connectivity index (χ2n) is 6.89. The molecule has 0 saturated heterocycles. The van der Waals surface area contributed by atoms with Crippen LogP contribution in [0.2, 0.25) is 0 Å². The number of carbonyl (C=O) groups excluding carboxylic acids is 1. The Morgan fingerprint density at radius 1 is 1.27 bits per heavy atom. The molecule has 0 saturated carbocycles. The van der Waals surface area contributed by atoms with Gasteiger partial charge in [-0.15, -0.1) is 0 Å². The third-order valence-corrected chi connectivity index (χ3v) is 5.67. The molecule has 0 heterocycles. The van der Waals surface area contributed by atoms with Crippen LogP contribution >= 0.6 is 0 Å². The second kappa shape index (κ2) is 6.79.